The maximum Gasteiger partial charge on any atom is 0.240 e. The minimum Gasteiger partial charge on any atom is -0.489 e. The topological polar surface area (TPSA) is 55.4 Å². The summed E-state index contributed by atoms with van der Waals surface area (Å²) in [6.07, 6.45) is 0. The molecule has 0 aliphatic rings. The quantitative estimate of drug-likeness (QED) is 0.792. The van der Waals surface area contributed by atoms with Gasteiger partial charge in [-0.25, -0.2) is 17.5 Å². The van der Waals surface area contributed by atoms with E-state index in [1.807, 2.05) is 0 Å². The van der Waals surface area contributed by atoms with Crippen molar-refractivity contribution in [2.24, 2.45) is 0 Å². The molecule has 21 heavy (non-hydrogen) atoms. The summed E-state index contributed by atoms with van der Waals surface area (Å²) >= 11 is 3.24. The van der Waals surface area contributed by atoms with Gasteiger partial charge in [0.25, 0.3) is 0 Å². The highest BCUT2D eigenvalue weighted by Crippen LogP contribution is 2.16. The summed E-state index contributed by atoms with van der Waals surface area (Å²) in [6, 6.07) is 12.2. The van der Waals surface area contributed by atoms with E-state index >= 15 is 0 Å². The van der Waals surface area contributed by atoms with Crippen LogP contribution >= 0.6 is 15.9 Å². The van der Waals surface area contributed by atoms with Crippen LogP contribution in [0.3, 0.4) is 0 Å². The molecule has 2 aromatic carbocycles. The van der Waals surface area contributed by atoms with Gasteiger partial charge in [-0.1, -0.05) is 28.1 Å². The lowest BCUT2D eigenvalue weighted by Crippen LogP contribution is -2.28. The predicted octanol–water partition coefficient (Wildman–Crippen LogP) is 2.95. The van der Waals surface area contributed by atoms with Crippen molar-refractivity contribution in [2.75, 3.05) is 13.2 Å². The van der Waals surface area contributed by atoms with Gasteiger partial charge in [0.2, 0.25) is 10.0 Å². The Labute approximate surface area is 131 Å². The average Bonchev–Trinajstić information content (AvgIpc) is 2.46. The molecule has 1 N–H and O–H groups in total. The van der Waals surface area contributed by atoms with Crippen LogP contribution < -0.4 is 9.46 Å². The van der Waals surface area contributed by atoms with Crippen molar-refractivity contribution < 1.29 is 17.5 Å². The van der Waals surface area contributed by atoms with Crippen molar-refractivity contribution in [1.29, 1.82) is 0 Å². The van der Waals surface area contributed by atoms with Gasteiger partial charge in [-0.15, -0.1) is 0 Å². The Morgan fingerprint density at radius 3 is 2.43 bits per heavy atom. The van der Waals surface area contributed by atoms with Crippen LogP contribution in [0.25, 0.3) is 0 Å². The van der Waals surface area contributed by atoms with Gasteiger partial charge in [-0.05, 0) is 36.4 Å². The molecular formula is C14H13BrFNO3S. The number of para-hydroxylation sites is 1. The molecule has 0 saturated heterocycles. The fraction of sp³-hybridized carbons (Fsp3) is 0.143. The second-order valence-corrected chi connectivity index (χ2v) is 6.81. The largest absolute Gasteiger partial charge is 0.489 e. The molecule has 0 aliphatic carbocycles. The molecule has 0 fully saturated rings. The van der Waals surface area contributed by atoms with Crippen LogP contribution in [0.1, 0.15) is 0 Å². The van der Waals surface area contributed by atoms with E-state index < -0.39 is 15.8 Å². The van der Waals surface area contributed by atoms with Crippen LogP contribution in [0.2, 0.25) is 0 Å². The second kappa shape index (κ2) is 7.02. The van der Waals surface area contributed by atoms with Gasteiger partial charge >= 0.3 is 0 Å². The van der Waals surface area contributed by atoms with E-state index in [4.69, 9.17) is 4.74 Å². The van der Waals surface area contributed by atoms with E-state index in [-0.39, 0.29) is 23.8 Å². The first kappa shape index (κ1) is 15.9. The number of ether oxygens (including phenoxy) is 1. The molecule has 0 bridgehead atoms. The maximum absolute atomic E-state index is 13.3. The number of hydrogen-bond acceptors (Lipinski definition) is 3. The average molecular weight is 374 g/mol. The molecule has 0 atom stereocenters. The maximum atomic E-state index is 13.3. The predicted molar refractivity (Wildman–Crippen MR) is 81.2 cm³/mol. The second-order valence-electron chi connectivity index (χ2n) is 4.13. The highest BCUT2D eigenvalue weighted by molar-refractivity contribution is 9.10. The molecule has 0 aromatic heterocycles. The Morgan fingerprint density at radius 1 is 1.10 bits per heavy atom. The van der Waals surface area contributed by atoms with Crippen molar-refractivity contribution in [3.8, 4) is 5.75 Å². The summed E-state index contributed by atoms with van der Waals surface area (Å²) in [4.78, 5) is 0.164. The molecule has 4 nitrogen and oxygen atoms in total. The van der Waals surface area contributed by atoms with Gasteiger partial charge < -0.3 is 4.74 Å². The molecule has 7 heteroatoms. The third-order valence-electron chi connectivity index (χ3n) is 2.61. The molecule has 0 heterocycles. The van der Waals surface area contributed by atoms with Crippen molar-refractivity contribution in [3.63, 3.8) is 0 Å². The van der Waals surface area contributed by atoms with Gasteiger partial charge in [0, 0.05) is 11.0 Å². The van der Waals surface area contributed by atoms with Crippen LogP contribution in [0.15, 0.2) is 57.9 Å². The summed E-state index contributed by atoms with van der Waals surface area (Å²) in [7, 11) is -3.59. The molecule has 2 aromatic rings. The molecule has 0 radical (unpaired) electrons. The molecule has 0 spiro atoms. The first-order valence-corrected chi connectivity index (χ1v) is 8.39. The van der Waals surface area contributed by atoms with Gasteiger partial charge in [0.1, 0.15) is 6.61 Å². The van der Waals surface area contributed by atoms with Crippen LogP contribution in [0.5, 0.6) is 5.75 Å². The highest BCUT2D eigenvalue weighted by atomic mass is 79.9. The Kier molecular flexibility index (Phi) is 5.33. The minimum absolute atomic E-state index is 0.0384. The molecule has 2 rings (SSSR count). The summed E-state index contributed by atoms with van der Waals surface area (Å²) in [5, 5.41) is 0. The van der Waals surface area contributed by atoms with E-state index in [2.05, 4.69) is 20.7 Å². The van der Waals surface area contributed by atoms with Crippen LogP contribution in [0.4, 0.5) is 4.39 Å². The number of rotatable bonds is 6. The Bertz CT molecular complexity index is 704. The Hall–Kier alpha value is -1.44. The standard InChI is InChI=1S/C14H13BrFNO3S/c15-11-5-7-12(8-6-11)21(18,19)17-9-10-20-14-4-2-1-3-13(14)16/h1-8,17H,9-10H2. The van der Waals surface area contributed by atoms with Crippen LogP contribution in [0, 0.1) is 5.82 Å². The number of halogens is 2. The normalized spacial score (nSPS) is 11.3. The molecule has 0 amide bonds. The molecule has 0 aliphatic heterocycles. The van der Waals surface area contributed by atoms with Gasteiger partial charge in [0.15, 0.2) is 11.6 Å². The van der Waals surface area contributed by atoms with Crippen molar-refractivity contribution in [3.05, 3.63) is 58.8 Å². The highest BCUT2D eigenvalue weighted by Gasteiger charge is 2.13. The third kappa shape index (κ3) is 4.52. The number of nitrogens with one attached hydrogen (secondary N) is 1. The smallest absolute Gasteiger partial charge is 0.240 e. The fourth-order valence-corrected chi connectivity index (χ4v) is 2.87. The monoisotopic (exact) mass is 373 g/mol. The Morgan fingerprint density at radius 2 is 1.76 bits per heavy atom. The van der Waals surface area contributed by atoms with E-state index in [0.29, 0.717) is 0 Å². The summed E-state index contributed by atoms with van der Waals surface area (Å²) in [6.45, 7) is 0.0867. The van der Waals surface area contributed by atoms with Crippen molar-refractivity contribution >= 4 is 26.0 Å². The van der Waals surface area contributed by atoms with Crippen molar-refractivity contribution in [1.82, 2.24) is 4.72 Å². The van der Waals surface area contributed by atoms with Gasteiger partial charge in [0.05, 0.1) is 4.90 Å². The minimum atomic E-state index is -3.59. The fourth-order valence-electron chi connectivity index (χ4n) is 1.60. The van der Waals surface area contributed by atoms with Crippen LogP contribution in [-0.2, 0) is 10.0 Å². The SMILES string of the molecule is O=S(=O)(NCCOc1ccccc1F)c1ccc(Br)cc1. The molecule has 0 saturated carbocycles. The number of benzene rings is 2. The van der Waals surface area contributed by atoms with E-state index in [1.165, 1.54) is 24.3 Å². The molecule has 0 unspecified atom stereocenters. The summed E-state index contributed by atoms with van der Waals surface area (Å²) < 4.78 is 45.6. The van der Waals surface area contributed by atoms with Gasteiger partial charge in [-0.3, -0.25) is 0 Å². The lowest BCUT2D eigenvalue weighted by atomic mass is 10.3. The Balaban J connectivity index is 1.88. The summed E-state index contributed by atoms with van der Waals surface area (Å²) in [5.74, 6) is -0.381. The first-order chi connectivity index (χ1) is 9.99. The third-order valence-corrected chi connectivity index (χ3v) is 4.62. The van der Waals surface area contributed by atoms with E-state index in [1.54, 1.807) is 24.3 Å². The zero-order valence-electron chi connectivity index (χ0n) is 10.9. The number of hydrogen-bond donors (Lipinski definition) is 1. The lowest BCUT2D eigenvalue weighted by Gasteiger charge is -2.09. The van der Waals surface area contributed by atoms with Crippen LogP contribution in [-0.4, -0.2) is 21.6 Å². The summed E-state index contributed by atoms with van der Waals surface area (Å²) in [5.41, 5.74) is 0. The lowest BCUT2D eigenvalue weighted by molar-refractivity contribution is 0.306. The van der Waals surface area contributed by atoms with E-state index in [0.717, 1.165) is 4.47 Å². The molecule has 112 valence electrons. The van der Waals surface area contributed by atoms with Crippen molar-refractivity contribution in [2.45, 2.75) is 4.90 Å². The first-order valence-electron chi connectivity index (χ1n) is 6.11. The zero-order valence-corrected chi connectivity index (χ0v) is 13.3. The van der Waals surface area contributed by atoms with Gasteiger partial charge in [-0.2, -0.15) is 0 Å². The van der Waals surface area contributed by atoms with E-state index in [9.17, 15) is 12.8 Å². The molecular weight excluding hydrogens is 361 g/mol. The number of sulfonamides is 1. The zero-order chi connectivity index (χ0) is 15.3.